The van der Waals surface area contributed by atoms with Crippen molar-refractivity contribution in [2.24, 2.45) is 0 Å². The highest BCUT2D eigenvalue weighted by molar-refractivity contribution is 5.73. The van der Waals surface area contributed by atoms with E-state index in [1.54, 1.807) is 10.8 Å². The summed E-state index contributed by atoms with van der Waals surface area (Å²) in [7, 11) is 0. The summed E-state index contributed by atoms with van der Waals surface area (Å²) in [5.41, 5.74) is 8.23. The molecular weight excluding hydrogens is 218 g/mol. The highest BCUT2D eigenvalue weighted by Gasteiger charge is 2.11. The van der Waals surface area contributed by atoms with Gasteiger partial charge in [0.1, 0.15) is 5.52 Å². The van der Waals surface area contributed by atoms with Crippen LogP contribution in [0.3, 0.4) is 0 Å². The van der Waals surface area contributed by atoms with Gasteiger partial charge in [-0.25, -0.2) is 9.97 Å². The van der Waals surface area contributed by atoms with Crippen LogP contribution < -0.4 is 5.73 Å². The predicted octanol–water partition coefficient (Wildman–Crippen LogP) is 1.36. The Labute approximate surface area is 97.1 Å². The molecule has 0 atom stereocenters. The summed E-state index contributed by atoms with van der Waals surface area (Å²) in [6.07, 6.45) is 1.71. The van der Waals surface area contributed by atoms with Crippen molar-refractivity contribution in [2.45, 2.75) is 13.5 Å². The van der Waals surface area contributed by atoms with Crippen molar-refractivity contribution in [3.63, 3.8) is 0 Å². The zero-order valence-electron chi connectivity index (χ0n) is 9.29. The van der Waals surface area contributed by atoms with Crippen molar-refractivity contribution in [1.82, 2.24) is 19.7 Å². The average Bonchev–Trinajstić information content (AvgIpc) is 2.85. The van der Waals surface area contributed by atoms with E-state index >= 15 is 0 Å². The standard InChI is InChI=1S/C11H11N5O/c1-7-5-8(17-15-7)6-16-10-9(14-11(16)12)3-2-4-13-10/h2-5H,6H2,1H3,(H2,12,14). The molecule has 0 bridgehead atoms. The molecule has 2 N–H and O–H groups in total. The van der Waals surface area contributed by atoms with Crippen LogP contribution >= 0.6 is 0 Å². The number of nitrogens with two attached hydrogens (primary N) is 1. The second-order valence-corrected chi connectivity index (χ2v) is 3.84. The number of imidazole rings is 1. The lowest BCUT2D eigenvalue weighted by atomic mass is 10.4. The first-order valence-corrected chi connectivity index (χ1v) is 5.23. The Balaban J connectivity index is 2.08. The molecule has 0 fully saturated rings. The number of rotatable bonds is 2. The fraction of sp³-hybridized carbons (Fsp3) is 0.182. The molecule has 0 aliphatic rings. The summed E-state index contributed by atoms with van der Waals surface area (Å²) in [5.74, 6) is 1.16. The third-order valence-electron chi connectivity index (χ3n) is 2.52. The van der Waals surface area contributed by atoms with Gasteiger partial charge >= 0.3 is 0 Å². The predicted molar refractivity (Wildman–Crippen MR) is 62.3 cm³/mol. The molecule has 0 aromatic carbocycles. The molecule has 3 aromatic heterocycles. The van der Waals surface area contributed by atoms with E-state index in [9.17, 15) is 0 Å². The number of fused-ring (bicyclic) bond motifs is 1. The third kappa shape index (κ3) is 1.63. The minimum atomic E-state index is 0.424. The number of nitrogens with zero attached hydrogens (tertiary/aromatic N) is 4. The molecule has 6 nitrogen and oxygen atoms in total. The topological polar surface area (TPSA) is 82.8 Å². The lowest BCUT2D eigenvalue weighted by Gasteiger charge is -2.01. The van der Waals surface area contributed by atoms with Crippen LogP contribution in [0.2, 0.25) is 0 Å². The van der Waals surface area contributed by atoms with Gasteiger partial charge in [0.2, 0.25) is 5.95 Å². The highest BCUT2D eigenvalue weighted by Crippen LogP contribution is 2.17. The fourth-order valence-electron chi connectivity index (χ4n) is 1.78. The van der Waals surface area contributed by atoms with Crippen LogP contribution in [-0.4, -0.2) is 19.7 Å². The maximum atomic E-state index is 5.86. The summed E-state index contributed by atoms with van der Waals surface area (Å²) in [6, 6.07) is 5.58. The molecule has 3 aromatic rings. The Morgan fingerprint density at radius 1 is 1.47 bits per heavy atom. The second kappa shape index (κ2) is 3.58. The second-order valence-electron chi connectivity index (χ2n) is 3.84. The van der Waals surface area contributed by atoms with E-state index in [0.717, 1.165) is 22.6 Å². The number of hydrogen-bond donors (Lipinski definition) is 1. The zero-order valence-corrected chi connectivity index (χ0v) is 9.29. The van der Waals surface area contributed by atoms with Crippen molar-refractivity contribution < 1.29 is 4.52 Å². The lowest BCUT2D eigenvalue weighted by molar-refractivity contribution is 0.374. The molecule has 0 aliphatic heterocycles. The van der Waals surface area contributed by atoms with E-state index in [1.807, 2.05) is 25.1 Å². The Hall–Kier alpha value is -2.37. The summed E-state index contributed by atoms with van der Waals surface area (Å²) >= 11 is 0. The SMILES string of the molecule is Cc1cc(Cn2c(N)nc3cccnc32)on1. The maximum Gasteiger partial charge on any atom is 0.202 e. The smallest absolute Gasteiger partial charge is 0.202 e. The minimum absolute atomic E-state index is 0.424. The maximum absolute atomic E-state index is 5.86. The molecule has 3 rings (SSSR count). The van der Waals surface area contributed by atoms with Crippen LogP contribution in [0.1, 0.15) is 11.5 Å². The van der Waals surface area contributed by atoms with Crippen molar-refractivity contribution in [1.29, 1.82) is 0 Å². The van der Waals surface area contributed by atoms with Gasteiger partial charge < -0.3 is 10.3 Å². The van der Waals surface area contributed by atoms with Crippen LogP contribution in [0, 0.1) is 6.92 Å². The van der Waals surface area contributed by atoms with Crippen LogP contribution in [0.25, 0.3) is 11.2 Å². The van der Waals surface area contributed by atoms with Crippen LogP contribution in [-0.2, 0) is 6.54 Å². The van der Waals surface area contributed by atoms with E-state index in [4.69, 9.17) is 10.3 Å². The third-order valence-corrected chi connectivity index (χ3v) is 2.52. The summed E-state index contributed by atoms with van der Waals surface area (Å²) in [5, 5.41) is 3.84. The Bertz CT molecular complexity index is 669. The molecule has 0 radical (unpaired) electrons. The number of pyridine rings is 1. The molecule has 0 spiro atoms. The van der Waals surface area contributed by atoms with Gasteiger partial charge in [-0.05, 0) is 19.1 Å². The summed E-state index contributed by atoms with van der Waals surface area (Å²) < 4.78 is 6.96. The number of hydrogen-bond acceptors (Lipinski definition) is 5. The van der Waals surface area contributed by atoms with Crippen molar-refractivity contribution in [2.75, 3.05) is 5.73 Å². The van der Waals surface area contributed by atoms with E-state index in [-0.39, 0.29) is 0 Å². The number of nitrogen functional groups attached to an aromatic ring is 1. The highest BCUT2D eigenvalue weighted by atomic mass is 16.5. The summed E-state index contributed by atoms with van der Waals surface area (Å²) in [4.78, 5) is 8.50. The zero-order chi connectivity index (χ0) is 11.8. The van der Waals surface area contributed by atoms with Gasteiger partial charge in [-0.3, -0.25) is 4.57 Å². The Kier molecular flexibility index (Phi) is 2.07. The van der Waals surface area contributed by atoms with Gasteiger partial charge in [0.15, 0.2) is 11.4 Å². The molecule has 0 saturated carbocycles. The molecule has 0 saturated heterocycles. The normalized spacial score (nSPS) is 11.1. The molecule has 0 amide bonds. The van der Waals surface area contributed by atoms with Gasteiger partial charge in [-0.2, -0.15) is 0 Å². The van der Waals surface area contributed by atoms with E-state index in [2.05, 4.69) is 15.1 Å². The molecule has 6 heteroatoms. The van der Waals surface area contributed by atoms with Crippen LogP contribution in [0.4, 0.5) is 5.95 Å². The number of aryl methyl sites for hydroxylation is 1. The molecule has 3 heterocycles. The molecule has 17 heavy (non-hydrogen) atoms. The van der Waals surface area contributed by atoms with Crippen LogP contribution in [0.5, 0.6) is 0 Å². The van der Waals surface area contributed by atoms with E-state index in [1.165, 1.54) is 0 Å². The van der Waals surface area contributed by atoms with Gasteiger partial charge in [-0.1, -0.05) is 5.16 Å². The van der Waals surface area contributed by atoms with Gasteiger partial charge in [0.05, 0.1) is 12.2 Å². The molecule has 0 aliphatic carbocycles. The fourth-order valence-corrected chi connectivity index (χ4v) is 1.78. The first-order valence-electron chi connectivity index (χ1n) is 5.23. The minimum Gasteiger partial charge on any atom is -0.369 e. The van der Waals surface area contributed by atoms with E-state index < -0.39 is 0 Å². The van der Waals surface area contributed by atoms with Gasteiger partial charge in [0, 0.05) is 12.3 Å². The van der Waals surface area contributed by atoms with Crippen molar-refractivity contribution in [3.8, 4) is 0 Å². The monoisotopic (exact) mass is 229 g/mol. The molecular formula is C11H11N5O. The van der Waals surface area contributed by atoms with Gasteiger partial charge in [0.25, 0.3) is 0 Å². The quantitative estimate of drug-likeness (QED) is 0.717. The van der Waals surface area contributed by atoms with E-state index in [0.29, 0.717) is 12.5 Å². The largest absolute Gasteiger partial charge is 0.369 e. The van der Waals surface area contributed by atoms with Crippen molar-refractivity contribution in [3.05, 3.63) is 35.9 Å². The number of aromatic nitrogens is 4. The van der Waals surface area contributed by atoms with Gasteiger partial charge in [-0.15, -0.1) is 0 Å². The number of anilines is 1. The van der Waals surface area contributed by atoms with Crippen molar-refractivity contribution >= 4 is 17.1 Å². The average molecular weight is 229 g/mol. The Morgan fingerprint density at radius 2 is 2.35 bits per heavy atom. The Morgan fingerprint density at radius 3 is 3.12 bits per heavy atom. The molecule has 86 valence electrons. The molecule has 0 unspecified atom stereocenters. The first kappa shape index (κ1) is 9.83. The van der Waals surface area contributed by atoms with Crippen LogP contribution in [0.15, 0.2) is 28.9 Å². The lowest BCUT2D eigenvalue weighted by Crippen LogP contribution is -2.04. The summed E-state index contributed by atoms with van der Waals surface area (Å²) in [6.45, 7) is 2.36. The first-order chi connectivity index (χ1) is 8.24.